The molecule has 2 atom stereocenters. The molecule has 1 aliphatic rings. The lowest BCUT2D eigenvalue weighted by atomic mass is 10.1. The summed E-state index contributed by atoms with van der Waals surface area (Å²) in [6.07, 6.45) is 0.809. The van der Waals surface area contributed by atoms with Gasteiger partial charge in [-0.1, -0.05) is 35.9 Å². The van der Waals surface area contributed by atoms with E-state index in [9.17, 15) is 13.2 Å². The van der Waals surface area contributed by atoms with E-state index in [1.54, 1.807) is 19.1 Å². The van der Waals surface area contributed by atoms with Crippen molar-refractivity contribution in [3.8, 4) is 0 Å². The number of primary sulfonamides is 1. The van der Waals surface area contributed by atoms with Crippen LogP contribution in [0.25, 0.3) is 0 Å². The van der Waals surface area contributed by atoms with Gasteiger partial charge in [-0.25, -0.2) is 13.6 Å². The molecule has 0 saturated heterocycles. The SMILES string of the molecule is Cc1cccc([C@@H]2C[C@H]2C(=O)Nc2cccc(S(N)(=O)=O)c2C)c1. The zero-order valence-corrected chi connectivity index (χ0v) is 14.4. The minimum Gasteiger partial charge on any atom is -0.326 e. The first kappa shape index (κ1) is 16.7. The van der Waals surface area contributed by atoms with Crippen LogP contribution in [0.3, 0.4) is 0 Å². The fraction of sp³-hybridized carbons (Fsp3) is 0.278. The van der Waals surface area contributed by atoms with Crippen molar-refractivity contribution in [1.29, 1.82) is 0 Å². The van der Waals surface area contributed by atoms with Crippen molar-refractivity contribution < 1.29 is 13.2 Å². The minimum atomic E-state index is -3.81. The molecule has 0 aliphatic heterocycles. The van der Waals surface area contributed by atoms with Crippen molar-refractivity contribution in [3.63, 3.8) is 0 Å². The Morgan fingerprint density at radius 1 is 1.17 bits per heavy atom. The number of nitrogens with one attached hydrogen (secondary N) is 1. The van der Waals surface area contributed by atoms with Gasteiger partial charge in [0.25, 0.3) is 0 Å². The van der Waals surface area contributed by atoms with Crippen molar-refractivity contribution in [2.24, 2.45) is 11.1 Å². The van der Waals surface area contributed by atoms with E-state index in [-0.39, 0.29) is 22.6 Å². The van der Waals surface area contributed by atoms with Crippen LogP contribution in [0.5, 0.6) is 0 Å². The molecule has 5 nitrogen and oxygen atoms in total. The molecular weight excluding hydrogens is 324 g/mol. The molecule has 0 bridgehead atoms. The fourth-order valence-corrected chi connectivity index (χ4v) is 3.84. The molecule has 0 heterocycles. The van der Waals surface area contributed by atoms with Gasteiger partial charge in [0, 0.05) is 11.6 Å². The molecule has 0 aromatic heterocycles. The quantitative estimate of drug-likeness (QED) is 0.893. The maximum atomic E-state index is 12.5. The Balaban J connectivity index is 1.75. The second-order valence-corrected chi connectivity index (χ2v) is 7.86. The van der Waals surface area contributed by atoms with Gasteiger partial charge in [0.2, 0.25) is 15.9 Å². The van der Waals surface area contributed by atoms with E-state index in [0.29, 0.717) is 11.3 Å². The number of rotatable bonds is 4. The number of carbonyl (C=O) groups is 1. The summed E-state index contributed by atoms with van der Waals surface area (Å²) in [5.74, 6) is 0.0622. The van der Waals surface area contributed by atoms with Gasteiger partial charge < -0.3 is 5.32 Å². The minimum absolute atomic E-state index is 0.0336. The van der Waals surface area contributed by atoms with Crippen LogP contribution in [0, 0.1) is 19.8 Å². The number of aryl methyl sites for hydroxylation is 1. The van der Waals surface area contributed by atoms with Gasteiger partial charge in [0.1, 0.15) is 0 Å². The largest absolute Gasteiger partial charge is 0.326 e. The summed E-state index contributed by atoms with van der Waals surface area (Å²) in [6, 6.07) is 12.9. The standard InChI is InChI=1S/C18H20N2O3S/c1-11-5-3-6-13(9-11)14-10-15(14)18(21)20-16-7-4-8-17(12(16)2)24(19,22)23/h3-9,14-15H,10H2,1-2H3,(H,20,21)(H2,19,22,23)/t14-,15+/m0/s1. The average Bonchev–Trinajstić information content (AvgIpc) is 3.29. The number of nitrogens with two attached hydrogens (primary N) is 1. The van der Waals surface area contributed by atoms with Gasteiger partial charge >= 0.3 is 0 Å². The summed E-state index contributed by atoms with van der Waals surface area (Å²) in [6.45, 7) is 3.67. The van der Waals surface area contributed by atoms with E-state index in [2.05, 4.69) is 11.4 Å². The Kier molecular flexibility index (Phi) is 4.19. The van der Waals surface area contributed by atoms with Gasteiger partial charge in [0.05, 0.1) is 4.90 Å². The number of benzene rings is 2. The number of sulfonamides is 1. The highest BCUT2D eigenvalue weighted by Crippen LogP contribution is 2.48. The summed E-state index contributed by atoms with van der Waals surface area (Å²) in [5, 5.41) is 8.04. The number of amides is 1. The van der Waals surface area contributed by atoms with Gasteiger partial charge in [-0.05, 0) is 49.4 Å². The van der Waals surface area contributed by atoms with Gasteiger partial charge in [-0.15, -0.1) is 0 Å². The van der Waals surface area contributed by atoms with Crippen LogP contribution in [0.2, 0.25) is 0 Å². The predicted octanol–water partition coefficient (Wildman–Crippen LogP) is 2.69. The topological polar surface area (TPSA) is 89.3 Å². The zero-order valence-electron chi connectivity index (χ0n) is 13.6. The number of hydrogen-bond donors (Lipinski definition) is 2. The van der Waals surface area contributed by atoms with E-state index in [1.165, 1.54) is 17.2 Å². The summed E-state index contributed by atoms with van der Waals surface area (Å²) in [4.78, 5) is 12.5. The molecule has 0 unspecified atom stereocenters. The molecule has 1 fully saturated rings. The Bertz CT molecular complexity index is 906. The molecule has 2 aromatic rings. The van der Waals surface area contributed by atoms with Crippen LogP contribution in [-0.4, -0.2) is 14.3 Å². The Labute approximate surface area is 141 Å². The van der Waals surface area contributed by atoms with Crippen LogP contribution >= 0.6 is 0 Å². The smallest absolute Gasteiger partial charge is 0.238 e. The summed E-state index contributed by atoms with van der Waals surface area (Å²) < 4.78 is 23.1. The lowest BCUT2D eigenvalue weighted by Gasteiger charge is -2.11. The predicted molar refractivity (Wildman–Crippen MR) is 93.2 cm³/mol. The maximum absolute atomic E-state index is 12.5. The molecular formula is C18H20N2O3S. The number of carbonyl (C=O) groups excluding carboxylic acids is 1. The van der Waals surface area contributed by atoms with Crippen LogP contribution in [0.4, 0.5) is 5.69 Å². The van der Waals surface area contributed by atoms with Crippen LogP contribution in [0.15, 0.2) is 47.4 Å². The van der Waals surface area contributed by atoms with Crippen LogP contribution in [0.1, 0.15) is 29.0 Å². The molecule has 2 aromatic carbocycles. The van der Waals surface area contributed by atoms with Gasteiger partial charge in [-0.2, -0.15) is 0 Å². The van der Waals surface area contributed by atoms with E-state index in [0.717, 1.165) is 6.42 Å². The third-order valence-corrected chi connectivity index (χ3v) is 5.50. The molecule has 1 saturated carbocycles. The zero-order chi connectivity index (χ0) is 17.5. The Hall–Kier alpha value is -2.18. The lowest BCUT2D eigenvalue weighted by Crippen LogP contribution is -2.18. The van der Waals surface area contributed by atoms with Crippen molar-refractivity contribution >= 4 is 21.6 Å². The number of anilines is 1. The van der Waals surface area contributed by atoms with E-state index >= 15 is 0 Å². The second kappa shape index (κ2) is 6.03. The molecule has 0 spiro atoms. The van der Waals surface area contributed by atoms with Gasteiger partial charge in [0.15, 0.2) is 0 Å². The highest BCUT2D eigenvalue weighted by Gasteiger charge is 2.44. The highest BCUT2D eigenvalue weighted by molar-refractivity contribution is 7.89. The van der Waals surface area contributed by atoms with Crippen molar-refractivity contribution in [2.45, 2.75) is 31.1 Å². The van der Waals surface area contributed by atoms with Crippen LogP contribution < -0.4 is 10.5 Å². The molecule has 1 amide bonds. The lowest BCUT2D eigenvalue weighted by molar-refractivity contribution is -0.117. The van der Waals surface area contributed by atoms with Crippen molar-refractivity contribution in [2.75, 3.05) is 5.32 Å². The molecule has 0 radical (unpaired) electrons. The second-order valence-electron chi connectivity index (χ2n) is 6.33. The van der Waals surface area contributed by atoms with E-state index < -0.39 is 10.0 Å². The van der Waals surface area contributed by atoms with E-state index in [1.807, 2.05) is 25.1 Å². The first-order chi connectivity index (χ1) is 11.3. The average molecular weight is 344 g/mol. The fourth-order valence-electron chi connectivity index (χ4n) is 3.04. The van der Waals surface area contributed by atoms with Crippen molar-refractivity contribution in [1.82, 2.24) is 0 Å². The summed E-state index contributed by atoms with van der Waals surface area (Å²) in [7, 11) is -3.81. The molecule has 126 valence electrons. The Morgan fingerprint density at radius 3 is 2.54 bits per heavy atom. The highest BCUT2D eigenvalue weighted by atomic mass is 32.2. The summed E-state index contributed by atoms with van der Waals surface area (Å²) >= 11 is 0. The van der Waals surface area contributed by atoms with Gasteiger partial charge in [-0.3, -0.25) is 4.79 Å². The molecule has 3 N–H and O–H groups in total. The van der Waals surface area contributed by atoms with Crippen LogP contribution in [-0.2, 0) is 14.8 Å². The number of hydrogen-bond acceptors (Lipinski definition) is 3. The monoisotopic (exact) mass is 344 g/mol. The normalized spacial score (nSPS) is 19.8. The van der Waals surface area contributed by atoms with Crippen molar-refractivity contribution in [3.05, 3.63) is 59.2 Å². The molecule has 1 aliphatic carbocycles. The third kappa shape index (κ3) is 3.34. The maximum Gasteiger partial charge on any atom is 0.238 e. The Morgan fingerprint density at radius 2 is 1.88 bits per heavy atom. The molecule has 24 heavy (non-hydrogen) atoms. The molecule has 6 heteroatoms. The first-order valence-corrected chi connectivity index (χ1v) is 9.32. The molecule has 3 rings (SSSR count). The summed E-state index contributed by atoms with van der Waals surface area (Å²) in [5.41, 5.74) is 3.29. The first-order valence-electron chi connectivity index (χ1n) is 7.77. The third-order valence-electron chi connectivity index (χ3n) is 4.45. The van der Waals surface area contributed by atoms with E-state index in [4.69, 9.17) is 5.14 Å².